The zero-order chi connectivity index (χ0) is 11.8. The van der Waals surface area contributed by atoms with Crippen LogP contribution in [0.5, 0.6) is 5.75 Å². The molecule has 0 amide bonds. The summed E-state index contributed by atoms with van der Waals surface area (Å²) >= 11 is 0. The van der Waals surface area contributed by atoms with Crippen LogP contribution in [0.4, 0.5) is 0 Å². The van der Waals surface area contributed by atoms with Gasteiger partial charge in [0.2, 0.25) is 0 Å². The number of rotatable bonds is 7. The first-order valence-corrected chi connectivity index (χ1v) is 6.54. The average molecular weight is 220 g/mol. The first-order chi connectivity index (χ1) is 7.76. The van der Waals surface area contributed by atoms with Crippen LogP contribution in [0, 0.1) is 5.92 Å². The van der Waals surface area contributed by atoms with Crippen LogP contribution in [0.3, 0.4) is 0 Å². The normalized spacial score (nSPS) is 12.6. The number of phenols is 1. The number of aromatic hydroxyl groups is 1. The zero-order valence-corrected chi connectivity index (χ0v) is 10.6. The van der Waals surface area contributed by atoms with Gasteiger partial charge in [-0.25, -0.2) is 0 Å². The Hall–Kier alpha value is -0.980. The van der Waals surface area contributed by atoms with Gasteiger partial charge in [0.25, 0.3) is 0 Å². The third-order valence-electron chi connectivity index (χ3n) is 3.10. The van der Waals surface area contributed by atoms with Crippen LogP contribution in [-0.4, -0.2) is 5.11 Å². The Labute approximate surface area is 99.5 Å². The number of hydrogen-bond acceptors (Lipinski definition) is 1. The Kier molecular flexibility index (Phi) is 5.99. The molecule has 90 valence electrons. The molecule has 0 aliphatic heterocycles. The summed E-state index contributed by atoms with van der Waals surface area (Å²) in [5.41, 5.74) is 1.27. The predicted molar refractivity (Wildman–Crippen MR) is 69.7 cm³/mol. The van der Waals surface area contributed by atoms with Gasteiger partial charge in [0.05, 0.1) is 0 Å². The first-order valence-electron chi connectivity index (χ1n) is 6.54. The van der Waals surface area contributed by atoms with Crippen LogP contribution in [0.15, 0.2) is 24.3 Å². The second-order valence-corrected chi connectivity index (χ2v) is 4.67. The van der Waals surface area contributed by atoms with Gasteiger partial charge in [-0.2, -0.15) is 0 Å². The molecule has 1 aromatic carbocycles. The van der Waals surface area contributed by atoms with E-state index in [0.29, 0.717) is 5.75 Å². The highest BCUT2D eigenvalue weighted by Gasteiger charge is 2.08. The van der Waals surface area contributed by atoms with Crippen molar-refractivity contribution in [3.8, 4) is 5.75 Å². The molecule has 0 bridgehead atoms. The van der Waals surface area contributed by atoms with Gasteiger partial charge in [-0.15, -0.1) is 0 Å². The summed E-state index contributed by atoms with van der Waals surface area (Å²) in [6, 6.07) is 7.70. The molecule has 0 radical (unpaired) electrons. The standard InChI is InChI=1S/C15H24O/c1-3-5-8-13(7-4-2)11-14-9-6-10-15(16)12-14/h6,9-10,12-13,16H,3-5,7-8,11H2,1-2H3. The van der Waals surface area contributed by atoms with Crippen LogP contribution < -0.4 is 0 Å². The van der Waals surface area contributed by atoms with Crippen LogP contribution in [0.2, 0.25) is 0 Å². The minimum atomic E-state index is 0.392. The molecule has 0 spiro atoms. The topological polar surface area (TPSA) is 20.2 Å². The van der Waals surface area contributed by atoms with Crippen molar-refractivity contribution in [3.05, 3.63) is 29.8 Å². The number of phenolic OH excluding ortho intramolecular Hbond substituents is 1. The lowest BCUT2D eigenvalue weighted by molar-refractivity contribution is 0.425. The van der Waals surface area contributed by atoms with E-state index in [2.05, 4.69) is 19.9 Å². The molecule has 0 heterocycles. The van der Waals surface area contributed by atoms with Gasteiger partial charge >= 0.3 is 0 Å². The molecular weight excluding hydrogens is 196 g/mol. The smallest absolute Gasteiger partial charge is 0.115 e. The van der Waals surface area contributed by atoms with Gasteiger partial charge in [0.1, 0.15) is 5.75 Å². The first kappa shape index (κ1) is 13.1. The van der Waals surface area contributed by atoms with Gasteiger partial charge in [-0.05, 0) is 30.0 Å². The van der Waals surface area contributed by atoms with Gasteiger partial charge in [0.15, 0.2) is 0 Å². The molecule has 1 heteroatoms. The third-order valence-corrected chi connectivity index (χ3v) is 3.10. The number of benzene rings is 1. The van der Waals surface area contributed by atoms with Crippen LogP contribution in [0.25, 0.3) is 0 Å². The Morgan fingerprint density at radius 3 is 2.56 bits per heavy atom. The molecule has 1 rings (SSSR count). The van der Waals surface area contributed by atoms with Crippen molar-refractivity contribution in [3.63, 3.8) is 0 Å². The minimum Gasteiger partial charge on any atom is -0.508 e. The lowest BCUT2D eigenvalue weighted by Crippen LogP contribution is -2.04. The molecule has 1 atom stereocenters. The fourth-order valence-corrected chi connectivity index (χ4v) is 2.27. The van der Waals surface area contributed by atoms with Crippen molar-refractivity contribution >= 4 is 0 Å². The predicted octanol–water partition coefficient (Wildman–Crippen LogP) is 4.54. The van der Waals surface area contributed by atoms with Crippen molar-refractivity contribution in [2.75, 3.05) is 0 Å². The van der Waals surface area contributed by atoms with Gasteiger partial charge in [0, 0.05) is 0 Å². The fourth-order valence-electron chi connectivity index (χ4n) is 2.27. The molecule has 1 nitrogen and oxygen atoms in total. The highest BCUT2D eigenvalue weighted by atomic mass is 16.3. The Balaban J connectivity index is 2.52. The van der Waals surface area contributed by atoms with E-state index in [1.54, 1.807) is 6.07 Å². The summed E-state index contributed by atoms with van der Waals surface area (Å²) in [6.45, 7) is 4.50. The van der Waals surface area contributed by atoms with Crippen molar-refractivity contribution in [2.24, 2.45) is 5.92 Å². The van der Waals surface area contributed by atoms with Crippen molar-refractivity contribution in [1.29, 1.82) is 0 Å². The van der Waals surface area contributed by atoms with E-state index in [-0.39, 0.29) is 0 Å². The number of hydrogen-bond donors (Lipinski definition) is 1. The molecule has 16 heavy (non-hydrogen) atoms. The molecule has 0 aliphatic carbocycles. The summed E-state index contributed by atoms with van der Waals surface area (Å²) in [7, 11) is 0. The van der Waals surface area contributed by atoms with Crippen molar-refractivity contribution in [2.45, 2.75) is 52.4 Å². The van der Waals surface area contributed by atoms with E-state index in [1.165, 1.54) is 37.7 Å². The second-order valence-electron chi connectivity index (χ2n) is 4.67. The fraction of sp³-hybridized carbons (Fsp3) is 0.600. The molecule has 1 aromatic rings. The monoisotopic (exact) mass is 220 g/mol. The second kappa shape index (κ2) is 7.32. The molecule has 0 saturated carbocycles. The van der Waals surface area contributed by atoms with E-state index in [0.717, 1.165) is 12.3 Å². The molecule has 0 aliphatic rings. The Morgan fingerprint density at radius 2 is 1.94 bits per heavy atom. The Bertz CT molecular complexity index is 293. The zero-order valence-electron chi connectivity index (χ0n) is 10.6. The average Bonchev–Trinajstić information content (AvgIpc) is 2.26. The summed E-state index contributed by atoms with van der Waals surface area (Å²) < 4.78 is 0. The summed E-state index contributed by atoms with van der Waals surface area (Å²) in [5, 5.41) is 9.43. The Morgan fingerprint density at radius 1 is 1.12 bits per heavy atom. The van der Waals surface area contributed by atoms with Gasteiger partial charge in [-0.1, -0.05) is 58.1 Å². The van der Waals surface area contributed by atoms with E-state index >= 15 is 0 Å². The van der Waals surface area contributed by atoms with Crippen molar-refractivity contribution < 1.29 is 5.11 Å². The van der Waals surface area contributed by atoms with Crippen LogP contribution in [-0.2, 0) is 6.42 Å². The number of unbranched alkanes of at least 4 members (excludes halogenated alkanes) is 1. The highest BCUT2D eigenvalue weighted by Crippen LogP contribution is 2.22. The lowest BCUT2D eigenvalue weighted by Gasteiger charge is -2.15. The SMILES string of the molecule is CCCCC(CCC)Cc1cccc(O)c1. The molecule has 0 fully saturated rings. The van der Waals surface area contributed by atoms with E-state index < -0.39 is 0 Å². The summed E-state index contributed by atoms with van der Waals surface area (Å²) in [6.07, 6.45) is 7.59. The van der Waals surface area contributed by atoms with Gasteiger partial charge in [-0.3, -0.25) is 0 Å². The quantitative estimate of drug-likeness (QED) is 0.715. The lowest BCUT2D eigenvalue weighted by atomic mass is 9.90. The van der Waals surface area contributed by atoms with E-state index in [4.69, 9.17) is 0 Å². The molecule has 1 N–H and O–H groups in total. The maximum atomic E-state index is 9.43. The highest BCUT2D eigenvalue weighted by molar-refractivity contribution is 5.27. The maximum absolute atomic E-state index is 9.43. The van der Waals surface area contributed by atoms with Crippen LogP contribution in [0.1, 0.15) is 51.5 Å². The van der Waals surface area contributed by atoms with Crippen LogP contribution >= 0.6 is 0 Å². The summed E-state index contributed by atoms with van der Waals surface area (Å²) in [4.78, 5) is 0. The molecular formula is C15H24O. The third kappa shape index (κ3) is 4.69. The molecule has 0 saturated heterocycles. The van der Waals surface area contributed by atoms with E-state index in [1.807, 2.05) is 12.1 Å². The molecule has 0 aromatic heterocycles. The summed E-state index contributed by atoms with van der Waals surface area (Å²) in [5.74, 6) is 1.18. The largest absolute Gasteiger partial charge is 0.508 e. The maximum Gasteiger partial charge on any atom is 0.115 e. The minimum absolute atomic E-state index is 0.392. The van der Waals surface area contributed by atoms with Crippen molar-refractivity contribution in [1.82, 2.24) is 0 Å². The van der Waals surface area contributed by atoms with E-state index in [9.17, 15) is 5.11 Å². The van der Waals surface area contributed by atoms with Gasteiger partial charge < -0.3 is 5.11 Å². The molecule has 1 unspecified atom stereocenters.